The smallest absolute Gasteiger partial charge is 0.241 e. The summed E-state index contributed by atoms with van der Waals surface area (Å²) in [6.07, 6.45) is 0.902. The van der Waals surface area contributed by atoms with Gasteiger partial charge in [-0.2, -0.15) is 5.10 Å². The van der Waals surface area contributed by atoms with Crippen molar-refractivity contribution in [3.05, 3.63) is 63.5 Å². The van der Waals surface area contributed by atoms with Gasteiger partial charge in [0.05, 0.1) is 12.7 Å². The molecule has 0 saturated carbocycles. The quantitative estimate of drug-likeness (QED) is 0.257. The molecule has 0 aliphatic carbocycles. The summed E-state index contributed by atoms with van der Waals surface area (Å²) in [6, 6.07) is 12.2. The number of amidine groups is 1. The van der Waals surface area contributed by atoms with Gasteiger partial charge >= 0.3 is 0 Å². The average molecular weight is 649 g/mol. The maximum absolute atomic E-state index is 6.29. The van der Waals surface area contributed by atoms with E-state index in [1.54, 1.807) is 34.9 Å². The Hall–Kier alpha value is -3.59. The summed E-state index contributed by atoms with van der Waals surface area (Å²) in [7, 11) is 0. The number of aromatic nitrogens is 3. The first-order valence-electron chi connectivity index (χ1n) is 14.5. The van der Waals surface area contributed by atoms with Crippen molar-refractivity contribution < 1.29 is 23.7 Å². The van der Waals surface area contributed by atoms with Crippen LogP contribution >= 0.6 is 34.9 Å². The van der Waals surface area contributed by atoms with E-state index in [4.69, 9.17) is 39.0 Å². The van der Waals surface area contributed by atoms with Gasteiger partial charge in [-0.05, 0) is 46.9 Å². The van der Waals surface area contributed by atoms with Gasteiger partial charge in [0.2, 0.25) is 19.5 Å². The Kier molecular flexibility index (Phi) is 6.39. The zero-order chi connectivity index (χ0) is 29.4. The molecule has 0 fully saturated rings. The van der Waals surface area contributed by atoms with E-state index < -0.39 is 0 Å². The van der Waals surface area contributed by atoms with Crippen molar-refractivity contribution in [3.8, 4) is 28.0 Å². The van der Waals surface area contributed by atoms with Crippen LogP contribution in [0.25, 0.3) is 5.00 Å². The summed E-state index contributed by atoms with van der Waals surface area (Å²) < 4.78 is 30.7. The van der Waals surface area contributed by atoms with Gasteiger partial charge in [0.15, 0.2) is 39.5 Å². The van der Waals surface area contributed by atoms with Crippen LogP contribution in [-0.2, 0) is 29.3 Å². The highest BCUT2D eigenvalue weighted by Gasteiger charge is 2.45. The number of hydrogen-bond acceptors (Lipinski definition) is 13. The van der Waals surface area contributed by atoms with E-state index in [-0.39, 0.29) is 25.9 Å². The van der Waals surface area contributed by atoms with E-state index in [1.807, 2.05) is 24.3 Å². The van der Waals surface area contributed by atoms with Crippen LogP contribution in [0.3, 0.4) is 0 Å². The number of hydrazone groups is 1. The third kappa shape index (κ3) is 4.33. The third-order valence-corrected chi connectivity index (χ3v) is 11.6. The summed E-state index contributed by atoms with van der Waals surface area (Å²) in [4.78, 5) is 3.47. The highest BCUT2D eigenvalue weighted by atomic mass is 32.2. The predicted molar refractivity (Wildman–Crippen MR) is 168 cm³/mol. The van der Waals surface area contributed by atoms with Gasteiger partial charge in [-0.1, -0.05) is 49.5 Å². The SMILES string of the molecule is CC(C)[C@H]1Cc2c(sc3c2C2NN=C(SCc4ccc5c(c4)OCO5)N2c2nnc(SCc4ccc5c(c4)OCO5)n2-3)CO1. The lowest BCUT2D eigenvalue weighted by atomic mass is 9.93. The van der Waals surface area contributed by atoms with Crippen LogP contribution in [0.2, 0.25) is 0 Å². The number of thioether (sulfide) groups is 2. The Morgan fingerprint density at radius 1 is 0.932 bits per heavy atom. The third-order valence-electron chi connectivity index (χ3n) is 8.35. The number of nitrogens with zero attached hydrogens (tertiary/aromatic N) is 5. The van der Waals surface area contributed by atoms with Crippen molar-refractivity contribution in [1.29, 1.82) is 0 Å². The van der Waals surface area contributed by atoms with Crippen molar-refractivity contribution in [2.24, 2.45) is 11.0 Å². The molecule has 11 nitrogen and oxygen atoms in total. The zero-order valence-corrected chi connectivity index (χ0v) is 26.4. The predicted octanol–water partition coefficient (Wildman–Crippen LogP) is 5.80. The Bertz CT molecular complexity index is 1820. The van der Waals surface area contributed by atoms with Crippen molar-refractivity contribution in [2.75, 3.05) is 18.5 Å². The van der Waals surface area contributed by atoms with Crippen LogP contribution in [0, 0.1) is 5.92 Å². The van der Waals surface area contributed by atoms with Gasteiger partial charge in [0.25, 0.3) is 0 Å². The molecule has 0 radical (unpaired) electrons. The molecular weight excluding hydrogens is 621 g/mol. The molecule has 4 aromatic rings. The number of anilines is 1. The Morgan fingerprint density at radius 2 is 1.64 bits per heavy atom. The van der Waals surface area contributed by atoms with Crippen LogP contribution in [0.15, 0.2) is 46.7 Å². The standard InChI is InChI=1S/C30H28N6O5S3/c1-15(2)21-9-18-24(10-37-21)44-27-25(18)26-31-33-29(42-11-16-3-5-19-22(7-16)40-13-38-19)35(26)28-32-34-30(36(27)28)43-12-17-4-6-20-23(8-17)41-14-39-20/h3-8,15,21,26,31H,9-14H2,1-2H3/t21-,26?/m1/s1. The molecule has 226 valence electrons. The highest BCUT2D eigenvalue weighted by Crippen LogP contribution is 2.50. The minimum Gasteiger partial charge on any atom is -0.454 e. The van der Waals surface area contributed by atoms with Crippen LogP contribution < -0.4 is 29.3 Å². The molecule has 5 aliphatic rings. The summed E-state index contributed by atoms with van der Waals surface area (Å²) in [5.41, 5.74) is 8.33. The number of hydrogen-bond donors (Lipinski definition) is 1. The normalized spacial score (nSPS) is 20.2. The van der Waals surface area contributed by atoms with Crippen molar-refractivity contribution >= 4 is 46.0 Å². The van der Waals surface area contributed by atoms with E-state index in [9.17, 15) is 0 Å². The van der Waals surface area contributed by atoms with Crippen LogP contribution in [0.4, 0.5) is 5.95 Å². The molecule has 2 aromatic heterocycles. The topological polar surface area (TPSA) is 104 Å². The van der Waals surface area contributed by atoms with Crippen molar-refractivity contribution in [3.63, 3.8) is 0 Å². The molecule has 44 heavy (non-hydrogen) atoms. The number of rotatable bonds is 6. The molecule has 9 rings (SSSR count). The van der Waals surface area contributed by atoms with Gasteiger partial charge in [-0.25, -0.2) is 4.57 Å². The number of ether oxygens (including phenoxy) is 5. The molecule has 14 heteroatoms. The van der Waals surface area contributed by atoms with E-state index in [0.717, 1.165) is 73.3 Å². The monoisotopic (exact) mass is 648 g/mol. The number of fused-ring (bicyclic) bond motifs is 10. The summed E-state index contributed by atoms with van der Waals surface area (Å²) in [6.45, 7) is 5.60. The molecule has 5 aliphatic heterocycles. The molecule has 0 bridgehead atoms. The van der Waals surface area contributed by atoms with E-state index >= 15 is 0 Å². The van der Waals surface area contributed by atoms with Gasteiger partial charge in [0, 0.05) is 28.4 Å². The average Bonchev–Trinajstić information content (AvgIpc) is 3.86. The summed E-state index contributed by atoms with van der Waals surface area (Å²) in [5.74, 6) is 5.76. The lowest BCUT2D eigenvalue weighted by molar-refractivity contribution is 0.00135. The maximum Gasteiger partial charge on any atom is 0.241 e. The Labute approximate surface area is 265 Å². The fourth-order valence-corrected chi connectivity index (χ4v) is 9.19. The fourth-order valence-electron chi connectivity index (χ4n) is 6.05. The summed E-state index contributed by atoms with van der Waals surface area (Å²) >= 11 is 5.11. The Balaban J connectivity index is 1.06. The first-order chi connectivity index (χ1) is 21.6. The molecule has 2 atom stereocenters. The van der Waals surface area contributed by atoms with Crippen LogP contribution in [0.5, 0.6) is 23.0 Å². The number of thiophene rings is 1. The van der Waals surface area contributed by atoms with E-state index in [0.29, 0.717) is 12.5 Å². The molecule has 0 saturated heterocycles. The first-order valence-corrected chi connectivity index (χ1v) is 17.3. The molecule has 0 spiro atoms. The largest absolute Gasteiger partial charge is 0.454 e. The van der Waals surface area contributed by atoms with Gasteiger partial charge in [0.1, 0.15) is 5.00 Å². The second-order valence-corrected chi connectivity index (χ2v) is 14.4. The second kappa shape index (κ2) is 10.5. The van der Waals surface area contributed by atoms with Gasteiger partial charge in [-0.15, -0.1) is 21.5 Å². The Morgan fingerprint density at radius 3 is 2.36 bits per heavy atom. The van der Waals surface area contributed by atoms with Crippen molar-refractivity contribution in [2.45, 2.75) is 55.8 Å². The van der Waals surface area contributed by atoms with Crippen molar-refractivity contribution in [1.82, 2.24) is 20.2 Å². The molecule has 7 heterocycles. The molecule has 1 unspecified atom stereocenters. The number of benzene rings is 2. The maximum atomic E-state index is 6.29. The van der Waals surface area contributed by atoms with Crippen LogP contribution in [0.1, 0.15) is 47.1 Å². The fraction of sp³-hybridized carbons (Fsp3) is 0.367. The molecular formula is C30H28N6O5S3. The van der Waals surface area contributed by atoms with Gasteiger partial charge in [-0.3, -0.25) is 10.3 Å². The second-order valence-electron chi connectivity index (χ2n) is 11.4. The lowest BCUT2D eigenvalue weighted by Gasteiger charge is -2.33. The summed E-state index contributed by atoms with van der Waals surface area (Å²) in [5, 5.41) is 17.1. The lowest BCUT2D eigenvalue weighted by Crippen LogP contribution is -2.38. The minimum atomic E-state index is -0.154. The van der Waals surface area contributed by atoms with E-state index in [2.05, 4.69) is 40.9 Å². The van der Waals surface area contributed by atoms with E-state index in [1.165, 1.54) is 16.0 Å². The minimum absolute atomic E-state index is 0.154. The van der Waals surface area contributed by atoms with Crippen LogP contribution in [-0.4, -0.2) is 39.6 Å². The highest BCUT2D eigenvalue weighted by molar-refractivity contribution is 8.13. The molecule has 2 aromatic carbocycles. The molecule has 0 amide bonds. The van der Waals surface area contributed by atoms with Gasteiger partial charge < -0.3 is 23.7 Å². The zero-order valence-electron chi connectivity index (χ0n) is 23.9. The molecule has 1 N–H and O–H groups in total. The number of nitrogens with one attached hydrogen (secondary N) is 1. The first kappa shape index (κ1) is 26.8.